The summed E-state index contributed by atoms with van der Waals surface area (Å²) in [5.74, 6) is -1.18. The number of halogens is 1. The van der Waals surface area contributed by atoms with Crippen molar-refractivity contribution < 1.29 is 27.1 Å². The Kier molecular flexibility index (Phi) is 7.98. The van der Waals surface area contributed by atoms with Crippen LogP contribution in [0.5, 0.6) is 0 Å². The monoisotopic (exact) mass is 462 g/mol. The predicted octanol–water partition coefficient (Wildman–Crippen LogP) is 2.76. The van der Waals surface area contributed by atoms with E-state index in [9.17, 15) is 22.4 Å². The van der Waals surface area contributed by atoms with Crippen LogP contribution in [0.25, 0.3) is 0 Å². The summed E-state index contributed by atoms with van der Waals surface area (Å²) in [5, 5.41) is 2.86. The van der Waals surface area contributed by atoms with Crippen molar-refractivity contribution in [3.63, 3.8) is 0 Å². The van der Waals surface area contributed by atoms with Crippen molar-refractivity contribution >= 4 is 21.9 Å². The minimum Gasteiger partial charge on any atom is -0.462 e. The molecule has 0 bridgehead atoms. The van der Waals surface area contributed by atoms with E-state index in [2.05, 4.69) is 5.32 Å². The highest BCUT2D eigenvalue weighted by Gasteiger charge is 2.32. The fraction of sp³-hybridized carbons (Fsp3) is 0.391. The molecule has 1 saturated heterocycles. The Morgan fingerprint density at radius 3 is 2.44 bits per heavy atom. The molecular weight excluding hydrogens is 435 g/mol. The Bertz CT molecular complexity index is 1050. The number of carbonyl (C=O) groups is 2. The Balaban J connectivity index is 1.50. The zero-order valence-corrected chi connectivity index (χ0v) is 18.7. The van der Waals surface area contributed by atoms with E-state index in [0.717, 1.165) is 5.56 Å². The average molecular weight is 463 g/mol. The number of benzene rings is 2. The van der Waals surface area contributed by atoms with Crippen LogP contribution in [0.2, 0.25) is 0 Å². The topological polar surface area (TPSA) is 92.8 Å². The molecule has 2 aromatic rings. The van der Waals surface area contributed by atoms with Gasteiger partial charge in [0.15, 0.2) is 0 Å². The lowest BCUT2D eigenvalue weighted by Gasteiger charge is -2.30. The molecule has 1 fully saturated rings. The standard InChI is InChI=1S/C23H27FN2O5S/c1-2-31-23(28)19-6-8-21(9-7-19)32(29,30)26-14-11-18(12-15-26)22(27)25-13-10-17-4-3-5-20(24)16-17/h3-9,16,18H,2,10-15H2,1H3,(H,25,27). The lowest BCUT2D eigenvalue weighted by atomic mass is 9.97. The number of rotatable bonds is 8. The highest BCUT2D eigenvalue weighted by atomic mass is 32.2. The Morgan fingerprint density at radius 1 is 1.12 bits per heavy atom. The molecule has 0 aromatic heterocycles. The van der Waals surface area contributed by atoms with Crippen LogP contribution in [-0.4, -0.2) is 50.8 Å². The number of hydrogen-bond donors (Lipinski definition) is 1. The van der Waals surface area contributed by atoms with E-state index in [1.165, 1.54) is 40.7 Å². The summed E-state index contributed by atoms with van der Waals surface area (Å²) >= 11 is 0. The van der Waals surface area contributed by atoms with Crippen molar-refractivity contribution in [1.29, 1.82) is 0 Å². The number of amides is 1. The molecule has 2 aromatic carbocycles. The van der Waals surface area contributed by atoms with Crippen LogP contribution < -0.4 is 5.32 Å². The quantitative estimate of drug-likeness (QED) is 0.609. The fourth-order valence-electron chi connectivity index (χ4n) is 3.65. The molecule has 1 amide bonds. The summed E-state index contributed by atoms with van der Waals surface area (Å²) in [4.78, 5) is 24.3. The second-order valence-corrected chi connectivity index (χ2v) is 9.53. The first-order chi connectivity index (χ1) is 15.3. The highest BCUT2D eigenvalue weighted by molar-refractivity contribution is 7.89. The minimum atomic E-state index is -3.71. The molecule has 1 heterocycles. The van der Waals surface area contributed by atoms with Crippen molar-refractivity contribution in [3.8, 4) is 0 Å². The molecule has 1 N–H and O–H groups in total. The maximum atomic E-state index is 13.2. The van der Waals surface area contributed by atoms with Gasteiger partial charge < -0.3 is 10.1 Å². The van der Waals surface area contributed by atoms with E-state index in [1.807, 2.05) is 0 Å². The normalized spacial score (nSPS) is 15.3. The largest absolute Gasteiger partial charge is 0.462 e. The van der Waals surface area contributed by atoms with Crippen LogP contribution in [0.1, 0.15) is 35.7 Å². The maximum Gasteiger partial charge on any atom is 0.338 e. The number of ether oxygens (including phenoxy) is 1. The minimum absolute atomic E-state index is 0.101. The zero-order chi connectivity index (χ0) is 23.1. The molecule has 9 heteroatoms. The van der Waals surface area contributed by atoms with Gasteiger partial charge >= 0.3 is 5.97 Å². The van der Waals surface area contributed by atoms with Crippen molar-refractivity contribution in [1.82, 2.24) is 9.62 Å². The van der Waals surface area contributed by atoms with Crippen molar-refractivity contribution in [2.45, 2.75) is 31.1 Å². The molecule has 0 atom stereocenters. The smallest absolute Gasteiger partial charge is 0.338 e. The molecule has 1 aliphatic heterocycles. The summed E-state index contributed by atoms with van der Waals surface area (Å²) in [6.07, 6.45) is 1.37. The first-order valence-electron chi connectivity index (χ1n) is 10.6. The number of piperidine rings is 1. The van der Waals surface area contributed by atoms with Gasteiger partial charge in [0.1, 0.15) is 5.82 Å². The van der Waals surface area contributed by atoms with Crippen molar-refractivity contribution in [2.75, 3.05) is 26.2 Å². The third kappa shape index (κ3) is 5.92. The maximum absolute atomic E-state index is 13.2. The molecule has 0 spiro atoms. The van der Waals surface area contributed by atoms with E-state index >= 15 is 0 Å². The summed E-state index contributed by atoms with van der Waals surface area (Å²) in [5.41, 5.74) is 1.10. The van der Waals surface area contributed by atoms with Gasteiger partial charge in [-0.2, -0.15) is 4.31 Å². The number of nitrogens with zero attached hydrogens (tertiary/aromatic N) is 1. The lowest BCUT2D eigenvalue weighted by Crippen LogP contribution is -2.43. The molecule has 172 valence electrons. The van der Waals surface area contributed by atoms with E-state index < -0.39 is 16.0 Å². The van der Waals surface area contributed by atoms with Crippen LogP contribution in [0.15, 0.2) is 53.4 Å². The molecule has 0 radical (unpaired) electrons. The Labute approximate surface area is 187 Å². The number of hydrogen-bond acceptors (Lipinski definition) is 5. The molecule has 7 nitrogen and oxygen atoms in total. The van der Waals surface area contributed by atoms with Gasteiger partial charge in [-0.15, -0.1) is 0 Å². The lowest BCUT2D eigenvalue weighted by molar-refractivity contribution is -0.126. The summed E-state index contributed by atoms with van der Waals surface area (Å²) in [7, 11) is -3.71. The van der Waals surface area contributed by atoms with Gasteiger partial charge in [-0.05, 0) is 68.1 Å². The van der Waals surface area contributed by atoms with Crippen LogP contribution in [0, 0.1) is 11.7 Å². The molecular formula is C23H27FN2O5S. The third-order valence-electron chi connectivity index (χ3n) is 5.43. The molecule has 0 aliphatic carbocycles. The summed E-state index contributed by atoms with van der Waals surface area (Å²) in [6, 6.07) is 11.9. The van der Waals surface area contributed by atoms with Gasteiger partial charge in [-0.3, -0.25) is 4.79 Å². The third-order valence-corrected chi connectivity index (χ3v) is 7.34. The molecule has 1 aliphatic rings. The highest BCUT2D eigenvalue weighted by Crippen LogP contribution is 2.24. The Morgan fingerprint density at radius 2 is 1.81 bits per heavy atom. The first kappa shape index (κ1) is 23.9. The summed E-state index contributed by atoms with van der Waals surface area (Å²) in [6.45, 7) is 2.82. The summed E-state index contributed by atoms with van der Waals surface area (Å²) < 4.78 is 45.3. The number of sulfonamides is 1. The Hall–Kier alpha value is -2.78. The van der Waals surface area contributed by atoms with E-state index in [4.69, 9.17) is 4.74 Å². The number of carbonyl (C=O) groups excluding carboxylic acids is 2. The van der Waals surface area contributed by atoms with E-state index in [1.54, 1.807) is 19.1 Å². The first-order valence-corrected chi connectivity index (χ1v) is 12.0. The fourth-order valence-corrected chi connectivity index (χ4v) is 5.12. The number of nitrogens with one attached hydrogen (secondary N) is 1. The van der Waals surface area contributed by atoms with Gasteiger partial charge in [-0.1, -0.05) is 12.1 Å². The van der Waals surface area contributed by atoms with Crippen LogP contribution in [0.4, 0.5) is 4.39 Å². The van der Waals surface area contributed by atoms with Gasteiger partial charge in [-0.25, -0.2) is 17.6 Å². The molecule has 0 saturated carbocycles. The SMILES string of the molecule is CCOC(=O)c1ccc(S(=O)(=O)N2CCC(C(=O)NCCc3cccc(F)c3)CC2)cc1. The zero-order valence-electron chi connectivity index (χ0n) is 17.9. The van der Waals surface area contributed by atoms with Gasteiger partial charge in [0.2, 0.25) is 15.9 Å². The second-order valence-electron chi connectivity index (χ2n) is 7.59. The van der Waals surface area contributed by atoms with Gasteiger partial charge in [0.25, 0.3) is 0 Å². The van der Waals surface area contributed by atoms with Crippen LogP contribution in [0.3, 0.4) is 0 Å². The molecule has 0 unspecified atom stereocenters. The average Bonchev–Trinajstić information content (AvgIpc) is 2.79. The van der Waals surface area contributed by atoms with Crippen LogP contribution >= 0.6 is 0 Å². The van der Waals surface area contributed by atoms with Crippen molar-refractivity contribution in [3.05, 3.63) is 65.5 Å². The van der Waals surface area contributed by atoms with E-state index in [0.29, 0.717) is 31.4 Å². The van der Waals surface area contributed by atoms with Crippen LogP contribution in [-0.2, 0) is 26.0 Å². The predicted molar refractivity (Wildman–Crippen MR) is 117 cm³/mol. The molecule has 32 heavy (non-hydrogen) atoms. The van der Waals surface area contributed by atoms with E-state index in [-0.39, 0.29) is 42.2 Å². The second kappa shape index (κ2) is 10.7. The van der Waals surface area contributed by atoms with Gasteiger partial charge in [0, 0.05) is 25.6 Å². The van der Waals surface area contributed by atoms with Crippen molar-refractivity contribution in [2.24, 2.45) is 5.92 Å². The number of esters is 1. The molecule has 3 rings (SSSR count). The van der Waals surface area contributed by atoms with Gasteiger partial charge in [0.05, 0.1) is 17.1 Å².